The molecule has 2 aromatic carbocycles. The van der Waals surface area contributed by atoms with Gasteiger partial charge in [-0.15, -0.1) is 0 Å². The standard InChI is InChI=1S/C22H16ClN3O3/c23-17-6-2-1-5-15(17)19-16-8-7-13(27)10-18(16)29-22-20(19)21(24)26(12-25-22)11-14-4-3-9-28-14/h1-10,12,19,24,27H,11H2. The van der Waals surface area contributed by atoms with Crippen molar-refractivity contribution in [1.29, 1.82) is 5.41 Å². The third-order valence-corrected chi connectivity index (χ3v) is 5.36. The largest absolute Gasteiger partial charge is 0.508 e. The second-order valence-corrected chi connectivity index (χ2v) is 7.21. The molecule has 0 saturated heterocycles. The van der Waals surface area contributed by atoms with Crippen LogP contribution >= 0.6 is 11.6 Å². The fourth-order valence-electron chi connectivity index (χ4n) is 3.68. The molecule has 0 radical (unpaired) electrons. The predicted octanol–water partition coefficient (Wildman–Crippen LogP) is 4.65. The van der Waals surface area contributed by atoms with Crippen molar-refractivity contribution in [2.75, 3.05) is 0 Å². The Hall–Kier alpha value is -3.51. The summed E-state index contributed by atoms with van der Waals surface area (Å²) >= 11 is 6.54. The zero-order chi connectivity index (χ0) is 20.0. The smallest absolute Gasteiger partial charge is 0.228 e. The van der Waals surface area contributed by atoms with Gasteiger partial charge in [0.1, 0.15) is 29.1 Å². The number of hydrogen-bond donors (Lipinski definition) is 2. The molecule has 4 aromatic rings. The molecular formula is C22H16ClN3O3. The Balaban J connectivity index is 1.74. The number of hydrogen-bond acceptors (Lipinski definition) is 5. The highest BCUT2D eigenvalue weighted by Gasteiger charge is 2.33. The number of aromatic hydroxyl groups is 1. The van der Waals surface area contributed by atoms with Crippen LogP contribution in [0.3, 0.4) is 0 Å². The number of phenolic OH excluding ortho intramolecular Hbond substituents is 1. The van der Waals surface area contributed by atoms with E-state index < -0.39 is 0 Å². The topological polar surface area (TPSA) is 84.3 Å². The summed E-state index contributed by atoms with van der Waals surface area (Å²) in [6.45, 7) is 0.379. The van der Waals surface area contributed by atoms with E-state index in [1.54, 1.807) is 35.4 Å². The Morgan fingerprint density at radius 2 is 1.97 bits per heavy atom. The lowest BCUT2D eigenvalue weighted by Crippen LogP contribution is -2.30. The number of ether oxygens (including phenoxy) is 1. The van der Waals surface area contributed by atoms with Crippen LogP contribution in [0.4, 0.5) is 0 Å². The summed E-state index contributed by atoms with van der Waals surface area (Å²) < 4.78 is 13.1. The van der Waals surface area contributed by atoms with Crippen molar-refractivity contribution in [3.63, 3.8) is 0 Å². The molecule has 2 aromatic heterocycles. The molecule has 0 bridgehead atoms. The molecule has 144 valence electrons. The summed E-state index contributed by atoms with van der Waals surface area (Å²) in [5, 5.41) is 19.4. The van der Waals surface area contributed by atoms with Gasteiger partial charge in [-0.25, -0.2) is 4.98 Å². The lowest BCUT2D eigenvalue weighted by atomic mass is 9.84. The number of aromatic nitrogens is 2. The first-order valence-electron chi connectivity index (χ1n) is 9.03. The molecule has 3 heterocycles. The first kappa shape index (κ1) is 17.6. The van der Waals surface area contributed by atoms with Gasteiger partial charge in [-0.05, 0) is 29.8 Å². The van der Waals surface area contributed by atoms with Crippen LogP contribution in [0, 0.1) is 5.41 Å². The van der Waals surface area contributed by atoms with Gasteiger partial charge in [-0.1, -0.05) is 35.9 Å². The highest BCUT2D eigenvalue weighted by atomic mass is 35.5. The van der Waals surface area contributed by atoms with Crippen molar-refractivity contribution < 1.29 is 14.3 Å². The summed E-state index contributed by atoms with van der Waals surface area (Å²) in [5.41, 5.74) is 2.53. The minimum Gasteiger partial charge on any atom is -0.508 e. The van der Waals surface area contributed by atoms with E-state index in [1.165, 1.54) is 0 Å². The molecule has 29 heavy (non-hydrogen) atoms. The van der Waals surface area contributed by atoms with Crippen LogP contribution in [0.25, 0.3) is 0 Å². The molecule has 0 aliphatic carbocycles. The molecule has 1 aliphatic heterocycles. The summed E-state index contributed by atoms with van der Waals surface area (Å²) in [5.74, 6) is 1.29. The fraction of sp³-hybridized carbons (Fsp3) is 0.0909. The quantitative estimate of drug-likeness (QED) is 0.457. The Kier molecular flexibility index (Phi) is 4.14. The minimum absolute atomic E-state index is 0.0972. The molecule has 2 N–H and O–H groups in total. The molecule has 0 saturated carbocycles. The normalized spacial score (nSPS) is 14.7. The number of nitrogens with one attached hydrogen (secondary N) is 1. The predicted molar refractivity (Wildman–Crippen MR) is 106 cm³/mol. The molecule has 7 heteroatoms. The molecule has 0 amide bonds. The second kappa shape index (κ2) is 6.83. The lowest BCUT2D eigenvalue weighted by Gasteiger charge is -2.29. The van der Waals surface area contributed by atoms with E-state index >= 15 is 0 Å². The minimum atomic E-state index is -0.355. The van der Waals surface area contributed by atoms with Crippen LogP contribution in [0.5, 0.6) is 17.4 Å². The van der Waals surface area contributed by atoms with Crippen molar-refractivity contribution in [2.24, 2.45) is 0 Å². The summed E-state index contributed by atoms with van der Waals surface area (Å²) in [6, 6.07) is 16.1. The monoisotopic (exact) mass is 405 g/mol. The van der Waals surface area contributed by atoms with Crippen LogP contribution in [-0.2, 0) is 6.54 Å². The van der Waals surface area contributed by atoms with Crippen LogP contribution < -0.4 is 10.2 Å². The number of benzene rings is 2. The third kappa shape index (κ3) is 2.98. The number of nitrogens with zero attached hydrogens (tertiary/aromatic N) is 2. The Bertz CT molecular complexity index is 1260. The van der Waals surface area contributed by atoms with Crippen LogP contribution in [0.2, 0.25) is 5.02 Å². The van der Waals surface area contributed by atoms with Crippen molar-refractivity contribution in [1.82, 2.24) is 9.55 Å². The van der Waals surface area contributed by atoms with E-state index in [4.69, 9.17) is 26.2 Å². The summed E-state index contributed by atoms with van der Waals surface area (Å²) in [7, 11) is 0. The van der Waals surface area contributed by atoms with Crippen LogP contribution in [-0.4, -0.2) is 14.7 Å². The van der Waals surface area contributed by atoms with Gasteiger partial charge < -0.3 is 18.8 Å². The maximum absolute atomic E-state index is 9.91. The lowest BCUT2D eigenvalue weighted by molar-refractivity contribution is 0.411. The average Bonchev–Trinajstić information content (AvgIpc) is 3.22. The highest BCUT2D eigenvalue weighted by Crippen LogP contribution is 2.47. The zero-order valence-electron chi connectivity index (χ0n) is 15.2. The van der Waals surface area contributed by atoms with Gasteiger partial charge in [0.2, 0.25) is 5.88 Å². The number of fused-ring (bicyclic) bond motifs is 2. The first-order chi connectivity index (χ1) is 14.1. The second-order valence-electron chi connectivity index (χ2n) is 6.80. The molecule has 1 unspecified atom stereocenters. The van der Waals surface area contributed by atoms with E-state index in [0.29, 0.717) is 28.8 Å². The molecule has 5 rings (SSSR count). The SMILES string of the molecule is N=c1c2c(ncn1Cc1ccco1)Oc1cc(O)ccc1C2c1ccccc1Cl. The third-order valence-electron chi connectivity index (χ3n) is 5.01. The van der Waals surface area contributed by atoms with E-state index in [1.807, 2.05) is 36.4 Å². The zero-order valence-corrected chi connectivity index (χ0v) is 15.9. The first-order valence-corrected chi connectivity index (χ1v) is 9.41. The molecule has 1 atom stereocenters. The summed E-state index contributed by atoms with van der Waals surface area (Å²) in [4.78, 5) is 4.45. The van der Waals surface area contributed by atoms with Crippen molar-refractivity contribution in [2.45, 2.75) is 12.5 Å². The number of furan rings is 1. The number of rotatable bonds is 3. The van der Waals surface area contributed by atoms with Gasteiger partial charge in [0.25, 0.3) is 0 Å². The highest BCUT2D eigenvalue weighted by molar-refractivity contribution is 6.31. The molecule has 6 nitrogen and oxygen atoms in total. The van der Waals surface area contributed by atoms with E-state index in [-0.39, 0.29) is 17.2 Å². The number of halogens is 1. The van der Waals surface area contributed by atoms with Crippen molar-refractivity contribution in [3.8, 4) is 17.4 Å². The van der Waals surface area contributed by atoms with Gasteiger partial charge in [-0.2, -0.15) is 0 Å². The molecule has 0 spiro atoms. The summed E-state index contributed by atoms with van der Waals surface area (Å²) in [6.07, 6.45) is 3.16. The van der Waals surface area contributed by atoms with Crippen molar-refractivity contribution in [3.05, 3.63) is 100 Å². The van der Waals surface area contributed by atoms with Crippen LogP contribution in [0.1, 0.15) is 28.4 Å². The molecule has 0 fully saturated rings. The Morgan fingerprint density at radius 3 is 2.76 bits per heavy atom. The maximum atomic E-state index is 9.91. The van der Waals surface area contributed by atoms with Gasteiger partial charge >= 0.3 is 0 Å². The number of phenols is 1. The molecular weight excluding hydrogens is 390 g/mol. The average molecular weight is 406 g/mol. The fourth-order valence-corrected chi connectivity index (χ4v) is 3.92. The van der Waals surface area contributed by atoms with Crippen LogP contribution in [0.15, 0.2) is 71.6 Å². The molecule has 1 aliphatic rings. The van der Waals surface area contributed by atoms with E-state index in [9.17, 15) is 5.11 Å². The van der Waals surface area contributed by atoms with Gasteiger partial charge in [-0.3, -0.25) is 5.41 Å². The van der Waals surface area contributed by atoms with Gasteiger partial charge in [0.15, 0.2) is 0 Å². The van der Waals surface area contributed by atoms with Gasteiger partial charge in [0, 0.05) is 22.6 Å². The van der Waals surface area contributed by atoms with E-state index in [2.05, 4.69) is 4.98 Å². The Labute approximate surface area is 171 Å². The van der Waals surface area contributed by atoms with Crippen molar-refractivity contribution >= 4 is 11.6 Å². The van der Waals surface area contributed by atoms with Gasteiger partial charge in [0.05, 0.1) is 18.4 Å². The maximum Gasteiger partial charge on any atom is 0.228 e. The Morgan fingerprint density at radius 1 is 1.10 bits per heavy atom. The van der Waals surface area contributed by atoms with E-state index in [0.717, 1.165) is 16.9 Å².